The van der Waals surface area contributed by atoms with Gasteiger partial charge in [0.2, 0.25) is 5.91 Å². The number of benzene rings is 2. The molecule has 1 heterocycles. The summed E-state index contributed by atoms with van der Waals surface area (Å²) in [6.07, 6.45) is -0.614. The Morgan fingerprint density at radius 3 is 2.52 bits per heavy atom. The van der Waals surface area contributed by atoms with Gasteiger partial charge in [-0.2, -0.15) is 0 Å². The molecule has 154 valence electrons. The summed E-state index contributed by atoms with van der Waals surface area (Å²) >= 11 is 0. The maximum Gasteiger partial charge on any atom is 0.268 e. The van der Waals surface area contributed by atoms with E-state index >= 15 is 0 Å². The van der Waals surface area contributed by atoms with Gasteiger partial charge >= 0.3 is 0 Å². The van der Waals surface area contributed by atoms with E-state index in [0.29, 0.717) is 24.6 Å². The molecule has 3 rings (SSSR count). The summed E-state index contributed by atoms with van der Waals surface area (Å²) in [6, 6.07) is 15.2. The number of carbonyl (C=O) groups excluding carboxylic acids is 2. The van der Waals surface area contributed by atoms with Crippen LogP contribution in [0.5, 0.6) is 11.5 Å². The van der Waals surface area contributed by atoms with E-state index in [1.165, 1.54) is 10.5 Å². The molecule has 2 amide bonds. The number of nitrogens with one attached hydrogen (secondary N) is 1. The fourth-order valence-corrected chi connectivity index (χ4v) is 3.13. The summed E-state index contributed by atoms with van der Waals surface area (Å²) in [5, 5.41) is 2.80. The van der Waals surface area contributed by atoms with Crippen molar-refractivity contribution in [2.75, 3.05) is 24.6 Å². The van der Waals surface area contributed by atoms with Gasteiger partial charge in [-0.1, -0.05) is 45.0 Å². The molecule has 6 heteroatoms. The van der Waals surface area contributed by atoms with Crippen LogP contribution in [0.4, 0.5) is 5.69 Å². The molecule has 0 saturated heterocycles. The lowest BCUT2D eigenvalue weighted by Crippen LogP contribution is -2.49. The van der Waals surface area contributed by atoms with Crippen LogP contribution in [-0.4, -0.2) is 37.6 Å². The van der Waals surface area contributed by atoms with Gasteiger partial charge in [-0.25, -0.2) is 0 Å². The van der Waals surface area contributed by atoms with Gasteiger partial charge in [-0.05, 0) is 42.2 Å². The molecule has 0 spiro atoms. The van der Waals surface area contributed by atoms with Crippen molar-refractivity contribution in [3.05, 3.63) is 54.1 Å². The average Bonchev–Trinajstić information content (AvgIpc) is 2.68. The maximum absolute atomic E-state index is 12.4. The minimum absolute atomic E-state index is 0.0518. The number of hydrogen-bond acceptors (Lipinski definition) is 4. The quantitative estimate of drug-likeness (QED) is 0.761. The predicted octanol–water partition coefficient (Wildman–Crippen LogP) is 3.29. The van der Waals surface area contributed by atoms with Crippen LogP contribution in [0.1, 0.15) is 33.3 Å². The molecule has 0 aliphatic carbocycles. The highest BCUT2D eigenvalue weighted by atomic mass is 16.5. The number of rotatable bonds is 6. The normalized spacial score (nSPS) is 16.1. The summed E-state index contributed by atoms with van der Waals surface area (Å²) in [5.41, 5.74) is 1.95. The van der Waals surface area contributed by atoms with Crippen molar-refractivity contribution in [3.8, 4) is 11.5 Å². The van der Waals surface area contributed by atoms with E-state index < -0.39 is 6.10 Å². The molecule has 1 aliphatic heterocycles. The van der Waals surface area contributed by atoms with E-state index in [1.807, 2.05) is 24.3 Å². The molecule has 6 nitrogen and oxygen atoms in total. The Morgan fingerprint density at radius 2 is 1.83 bits per heavy atom. The van der Waals surface area contributed by atoms with E-state index in [-0.39, 0.29) is 23.8 Å². The number of ether oxygens (including phenoxy) is 2. The van der Waals surface area contributed by atoms with Crippen LogP contribution >= 0.6 is 0 Å². The molecule has 1 unspecified atom stereocenters. The highest BCUT2D eigenvalue weighted by molar-refractivity contribution is 6.03. The van der Waals surface area contributed by atoms with E-state index in [1.54, 1.807) is 19.1 Å². The van der Waals surface area contributed by atoms with Gasteiger partial charge in [-0.3, -0.25) is 14.5 Å². The fourth-order valence-electron chi connectivity index (χ4n) is 3.13. The molecular formula is C23H28N2O4. The summed E-state index contributed by atoms with van der Waals surface area (Å²) < 4.78 is 11.3. The second kappa shape index (κ2) is 8.55. The predicted molar refractivity (Wildman–Crippen MR) is 113 cm³/mol. The Labute approximate surface area is 171 Å². The van der Waals surface area contributed by atoms with E-state index in [0.717, 1.165) is 5.75 Å². The Bertz CT molecular complexity index is 871. The first-order valence-corrected chi connectivity index (χ1v) is 9.83. The van der Waals surface area contributed by atoms with Gasteiger partial charge in [0.05, 0.1) is 12.2 Å². The van der Waals surface area contributed by atoms with Gasteiger partial charge in [0, 0.05) is 0 Å². The van der Waals surface area contributed by atoms with Crippen molar-refractivity contribution in [3.63, 3.8) is 0 Å². The molecule has 29 heavy (non-hydrogen) atoms. The molecule has 0 radical (unpaired) electrons. The van der Waals surface area contributed by atoms with Crippen molar-refractivity contribution < 1.29 is 19.1 Å². The highest BCUT2D eigenvalue weighted by Crippen LogP contribution is 2.33. The second-order valence-electron chi connectivity index (χ2n) is 8.12. The minimum Gasteiger partial charge on any atom is -0.492 e. The first-order chi connectivity index (χ1) is 13.8. The maximum atomic E-state index is 12.4. The first-order valence-electron chi connectivity index (χ1n) is 9.83. The zero-order chi connectivity index (χ0) is 21.0. The van der Waals surface area contributed by atoms with Crippen molar-refractivity contribution in [1.82, 2.24) is 5.32 Å². The average molecular weight is 396 g/mol. The standard InChI is InChI=1S/C23H28N2O4/c1-16-22(27)25(19-7-5-6-8-20(19)29-16)15-21(26)24-13-14-28-18-11-9-17(10-12-18)23(2,3)4/h5-12,16H,13-15H2,1-4H3,(H,24,26). The number of carbonyl (C=O) groups is 2. The molecule has 2 aromatic rings. The zero-order valence-corrected chi connectivity index (χ0v) is 17.4. The Kier molecular flexibility index (Phi) is 6.11. The number of fused-ring (bicyclic) bond motifs is 1. The van der Waals surface area contributed by atoms with Crippen LogP contribution in [0.2, 0.25) is 0 Å². The molecule has 0 saturated carbocycles. The number of anilines is 1. The van der Waals surface area contributed by atoms with Crippen molar-refractivity contribution in [1.29, 1.82) is 0 Å². The van der Waals surface area contributed by atoms with Gasteiger partial charge in [0.25, 0.3) is 5.91 Å². The SMILES string of the molecule is CC1Oc2ccccc2N(CC(=O)NCCOc2ccc(C(C)(C)C)cc2)C1=O. The topological polar surface area (TPSA) is 67.9 Å². The molecule has 2 aromatic carbocycles. The summed E-state index contributed by atoms with van der Waals surface area (Å²) in [6.45, 7) is 8.83. The van der Waals surface area contributed by atoms with Gasteiger partial charge in [-0.15, -0.1) is 0 Å². The number of hydrogen-bond donors (Lipinski definition) is 1. The second-order valence-corrected chi connectivity index (χ2v) is 8.12. The van der Waals surface area contributed by atoms with E-state index in [9.17, 15) is 9.59 Å². The lowest BCUT2D eigenvalue weighted by molar-refractivity contribution is -0.128. The number of amides is 2. The van der Waals surface area contributed by atoms with Crippen LogP contribution in [0.25, 0.3) is 0 Å². The number of para-hydroxylation sites is 2. The van der Waals surface area contributed by atoms with Gasteiger partial charge < -0.3 is 14.8 Å². The summed E-state index contributed by atoms with van der Waals surface area (Å²) in [4.78, 5) is 26.2. The van der Waals surface area contributed by atoms with Gasteiger partial charge in [0.1, 0.15) is 24.7 Å². The largest absolute Gasteiger partial charge is 0.492 e. The molecule has 1 aliphatic rings. The first kappa shape index (κ1) is 20.7. The molecule has 0 aromatic heterocycles. The third kappa shape index (κ3) is 5.08. The van der Waals surface area contributed by atoms with Crippen LogP contribution < -0.4 is 19.7 Å². The summed E-state index contributed by atoms with van der Waals surface area (Å²) in [7, 11) is 0. The Balaban J connectivity index is 1.49. The van der Waals surface area contributed by atoms with Crippen LogP contribution in [0, 0.1) is 0 Å². The van der Waals surface area contributed by atoms with Crippen LogP contribution in [0.3, 0.4) is 0 Å². The van der Waals surface area contributed by atoms with E-state index in [2.05, 4.69) is 38.2 Å². The Hall–Kier alpha value is -3.02. The molecular weight excluding hydrogens is 368 g/mol. The molecule has 1 N–H and O–H groups in total. The lowest BCUT2D eigenvalue weighted by Gasteiger charge is -2.32. The number of nitrogens with zero attached hydrogens (tertiary/aromatic N) is 1. The smallest absolute Gasteiger partial charge is 0.268 e. The van der Waals surface area contributed by atoms with Crippen LogP contribution in [-0.2, 0) is 15.0 Å². The monoisotopic (exact) mass is 396 g/mol. The van der Waals surface area contributed by atoms with Crippen molar-refractivity contribution in [2.24, 2.45) is 0 Å². The lowest BCUT2D eigenvalue weighted by atomic mass is 9.87. The highest BCUT2D eigenvalue weighted by Gasteiger charge is 2.32. The van der Waals surface area contributed by atoms with Gasteiger partial charge in [0.15, 0.2) is 6.10 Å². The van der Waals surface area contributed by atoms with Crippen molar-refractivity contribution >= 4 is 17.5 Å². The molecule has 0 fully saturated rings. The molecule has 1 atom stereocenters. The Morgan fingerprint density at radius 1 is 1.14 bits per heavy atom. The third-order valence-corrected chi connectivity index (χ3v) is 4.79. The van der Waals surface area contributed by atoms with Crippen molar-refractivity contribution in [2.45, 2.75) is 39.2 Å². The van der Waals surface area contributed by atoms with E-state index in [4.69, 9.17) is 9.47 Å². The van der Waals surface area contributed by atoms with Crippen LogP contribution in [0.15, 0.2) is 48.5 Å². The summed E-state index contributed by atoms with van der Waals surface area (Å²) in [5.74, 6) is 0.899. The fraction of sp³-hybridized carbons (Fsp3) is 0.391. The minimum atomic E-state index is -0.614. The molecule has 0 bridgehead atoms. The third-order valence-electron chi connectivity index (χ3n) is 4.79. The zero-order valence-electron chi connectivity index (χ0n) is 17.4.